The second-order valence-corrected chi connectivity index (χ2v) is 9.49. The number of benzene rings is 1. The third kappa shape index (κ3) is 6.83. The lowest BCUT2D eigenvalue weighted by atomic mass is 10.2. The number of hydrogen-bond donors (Lipinski definition) is 2. The molecule has 0 spiro atoms. The predicted octanol–water partition coefficient (Wildman–Crippen LogP) is 3.31. The van der Waals surface area contributed by atoms with Crippen LogP contribution in [-0.2, 0) is 10.0 Å². The van der Waals surface area contributed by atoms with Crippen molar-refractivity contribution in [3.8, 4) is 0 Å². The van der Waals surface area contributed by atoms with Crippen LogP contribution < -0.4 is 11.1 Å². The van der Waals surface area contributed by atoms with E-state index in [1.54, 1.807) is 34.4 Å². The molecule has 6 nitrogen and oxygen atoms in total. The lowest BCUT2D eigenvalue weighted by molar-refractivity contribution is 0.301. The lowest BCUT2D eigenvalue weighted by Crippen LogP contribution is -2.46. The minimum atomic E-state index is -3.53. The molecule has 29 heavy (non-hydrogen) atoms. The first-order chi connectivity index (χ1) is 12.5. The molecule has 0 bridgehead atoms. The van der Waals surface area contributed by atoms with Crippen molar-refractivity contribution >= 4 is 69.8 Å². The molecule has 1 aromatic carbocycles. The van der Waals surface area contributed by atoms with Crippen LogP contribution in [0.25, 0.3) is 10.8 Å². The van der Waals surface area contributed by atoms with Crippen LogP contribution in [0.1, 0.15) is 19.8 Å². The van der Waals surface area contributed by atoms with Crippen molar-refractivity contribution in [2.75, 3.05) is 31.9 Å². The van der Waals surface area contributed by atoms with Gasteiger partial charge in [-0.2, -0.15) is 4.31 Å². The van der Waals surface area contributed by atoms with Gasteiger partial charge in [0.05, 0.1) is 4.90 Å². The highest BCUT2D eigenvalue weighted by molar-refractivity contribution is 7.99. The quantitative estimate of drug-likeness (QED) is 0.609. The van der Waals surface area contributed by atoms with Gasteiger partial charge in [0.1, 0.15) is 5.03 Å². The van der Waals surface area contributed by atoms with Gasteiger partial charge in [-0.25, -0.2) is 13.4 Å². The number of thioether (sulfide) groups is 1. The Hall–Kier alpha value is -0.320. The Morgan fingerprint density at radius 3 is 2.72 bits per heavy atom. The maximum Gasteiger partial charge on any atom is 0.243 e. The molecule has 166 valence electrons. The highest BCUT2D eigenvalue weighted by Gasteiger charge is 2.29. The number of hydrogen-bond acceptors (Lipinski definition) is 6. The molecule has 0 saturated carbocycles. The number of sulfonamides is 1. The van der Waals surface area contributed by atoms with Gasteiger partial charge in [0.2, 0.25) is 10.0 Å². The lowest BCUT2D eigenvalue weighted by Gasteiger charge is -2.30. The summed E-state index contributed by atoms with van der Waals surface area (Å²) in [6, 6.07) is 7.12. The minimum Gasteiger partial charge on any atom is -0.330 e. The Morgan fingerprint density at radius 1 is 1.24 bits per heavy atom. The Balaban J connectivity index is 0.00000261. The summed E-state index contributed by atoms with van der Waals surface area (Å²) in [6.45, 7) is 4.73. The van der Waals surface area contributed by atoms with Gasteiger partial charge in [-0.1, -0.05) is 6.07 Å². The van der Waals surface area contributed by atoms with E-state index in [0.717, 1.165) is 40.9 Å². The molecule has 0 amide bonds. The van der Waals surface area contributed by atoms with Crippen molar-refractivity contribution in [2.24, 2.45) is 5.73 Å². The van der Waals surface area contributed by atoms with Crippen molar-refractivity contribution in [2.45, 2.75) is 35.7 Å². The fraction of sp³-hybridized carbons (Fsp3) is 0.500. The summed E-state index contributed by atoms with van der Waals surface area (Å²) in [6.07, 6.45) is 3.58. The number of rotatable bonds is 5. The molecule has 1 atom stereocenters. The van der Waals surface area contributed by atoms with Gasteiger partial charge in [0.15, 0.2) is 0 Å². The van der Waals surface area contributed by atoms with E-state index in [1.165, 1.54) is 0 Å². The number of nitrogens with one attached hydrogen (secondary N) is 1. The summed E-state index contributed by atoms with van der Waals surface area (Å²) in [5.74, 6) is 0.782. The summed E-state index contributed by atoms with van der Waals surface area (Å²) in [4.78, 5) is 4.75. The first kappa shape index (κ1) is 28.7. The standard InChI is InChI=1S/C18H26N4O2S2.3ClH/c1-14-13-20-8-2-3-10-22(14)26(23,24)16-4-5-17-15(12-16)6-9-21-18(17)25-11-7-19;;;/h4-6,9,12,14,20H,2-3,7-8,10-11,13,19H2,1H3;3*1H/t14-;;;/m1.../s1. The Labute approximate surface area is 196 Å². The van der Waals surface area contributed by atoms with E-state index in [9.17, 15) is 8.42 Å². The van der Waals surface area contributed by atoms with Crippen molar-refractivity contribution in [1.29, 1.82) is 0 Å². The third-order valence-electron chi connectivity index (χ3n) is 4.58. The van der Waals surface area contributed by atoms with Crippen LogP contribution in [0.5, 0.6) is 0 Å². The number of aromatic nitrogens is 1. The molecule has 1 aromatic heterocycles. The number of pyridine rings is 1. The van der Waals surface area contributed by atoms with Crippen molar-refractivity contribution in [1.82, 2.24) is 14.6 Å². The van der Waals surface area contributed by atoms with Crippen molar-refractivity contribution in [3.63, 3.8) is 0 Å². The van der Waals surface area contributed by atoms with Gasteiger partial charge in [0, 0.05) is 43.0 Å². The zero-order valence-corrected chi connectivity index (χ0v) is 20.3. The van der Waals surface area contributed by atoms with E-state index in [1.807, 2.05) is 19.1 Å². The molecular formula is C18H29Cl3N4O2S2. The first-order valence-electron chi connectivity index (χ1n) is 8.98. The molecule has 3 N–H and O–H groups in total. The molecular weight excluding hydrogens is 475 g/mol. The highest BCUT2D eigenvalue weighted by Crippen LogP contribution is 2.29. The molecule has 1 saturated heterocycles. The van der Waals surface area contributed by atoms with Gasteiger partial charge in [0.25, 0.3) is 0 Å². The van der Waals surface area contributed by atoms with Crippen LogP contribution in [0.4, 0.5) is 0 Å². The molecule has 0 unspecified atom stereocenters. The number of nitrogens with zero attached hydrogens (tertiary/aromatic N) is 2. The van der Waals surface area contributed by atoms with Crippen LogP contribution in [0, 0.1) is 0 Å². The van der Waals surface area contributed by atoms with Crippen molar-refractivity contribution < 1.29 is 8.42 Å². The summed E-state index contributed by atoms with van der Waals surface area (Å²) in [7, 11) is -3.53. The van der Waals surface area contributed by atoms with Crippen LogP contribution >= 0.6 is 49.0 Å². The largest absolute Gasteiger partial charge is 0.330 e. The average molecular weight is 504 g/mol. The second kappa shape index (κ2) is 13.2. The highest BCUT2D eigenvalue weighted by atomic mass is 35.5. The van der Waals surface area contributed by atoms with Crippen LogP contribution in [0.15, 0.2) is 40.4 Å². The van der Waals surface area contributed by atoms with E-state index >= 15 is 0 Å². The number of nitrogens with two attached hydrogens (primary N) is 1. The van der Waals surface area contributed by atoms with Gasteiger partial charge in [-0.15, -0.1) is 49.0 Å². The fourth-order valence-electron chi connectivity index (χ4n) is 3.20. The SMILES string of the molecule is C[C@@H]1CNCCCCN1S(=O)(=O)c1ccc2c(SCCN)nccc2c1.Cl.Cl.Cl. The minimum absolute atomic E-state index is 0. The molecule has 11 heteroatoms. The summed E-state index contributed by atoms with van der Waals surface area (Å²) < 4.78 is 28.1. The molecule has 1 fully saturated rings. The van der Waals surface area contributed by atoms with Crippen LogP contribution in [0.3, 0.4) is 0 Å². The van der Waals surface area contributed by atoms with Crippen LogP contribution in [0.2, 0.25) is 0 Å². The maximum atomic E-state index is 13.2. The van der Waals surface area contributed by atoms with Gasteiger partial charge >= 0.3 is 0 Å². The van der Waals surface area contributed by atoms with Gasteiger partial charge < -0.3 is 11.1 Å². The zero-order chi connectivity index (χ0) is 18.6. The normalized spacial score (nSPS) is 17.9. The summed E-state index contributed by atoms with van der Waals surface area (Å²) in [5, 5.41) is 6.06. The van der Waals surface area contributed by atoms with Crippen LogP contribution in [-0.4, -0.2) is 55.7 Å². The predicted molar refractivity (Wildman–Crippen MR) is 129 cm³/mol. The van der Waals surface area contributed by atoms with E-state index in [0.29, 0.717) is 24.5 Å². The zero-order valence-electron chi connectivity index (χ0n) is 16.2. The second-order valence-electron chi connectivity index (χ2n) is 6.51. The van der Waals surface area contributed by atoms with E-state index in [4.69, 9.17) is 5.73 Å². The van der Waals surface area contributed by atoms with Gasteiger partial charge in [-0.05, 0) is 49.9 Å². The Bertz CT molecular complexity index is 871. The summed E-state index contributed by atoms with van der Waals surface area (Å²) >= 11 is 1.59. The fourth-order valence-corrected chi connectivity index (χ4v) is 5.70. The molecule has 1 aliphatic rings. The molecule has 2 heterocycles. The molecule has 0 radical (unpaired) electrons. The Kier molecular flexibility index (Phi) is 13.0. The summed E-state index contributed by atoms with van der Waals surface area (Å²) in [5.41, 5.74) is 5.58. The van der Waals surface area contributed by atoms with E-state index in [-0.39, 0.29) is 43.3 Å². The molecule has 2 aromatic rings. The molecule has 3 rings (SSSR count). The maximum absolute atomic E-state index is 13.2. The smallest absolute Gasteiger partial charge is 0.243 e. The van der Waals surface area contributed by atoms with Crippen molar-refractivity contribution in [3.05, 3.63) is 30.5 Å². The Morgan fingerprint density at radius 2 is 2.00 bits per heavy atom. The van der Waals surface area contributed by atoms with E-state index < -0.39 is 10.0 Å². The molecule has 0 aliphatic carbocycles. The first-order valence-corrected chi connectivity index (χ1v) is 11.4. The molecule has 1 aliphatic heterocycles. The average Bonchev–Trinajstić information content (AvgIpc) is 2.62. The monoisotopic (exact) mass is 502 g/mol. The number of halogens is 3. The number of fused-ring (bicyclic) bond motifs is 1. The van der Waals surface area contributed by atoms with Gasteiger partial charge in [-0.3, -0.25) is 0 Å². The third-order valence-corrected chi connectivity index (χ3v) is 7.62. The topological polar surface area (TPSA) is 88.3 Å². The van der Waals surface area contributed by atoms with E-state index in [2.05, 4.69) is 10.3 Å².